The largest absolute Gasteiger partial charge is 0.481 e. The highest BCUT2D eigenvalue weighted by atomic mass is 35.5. The van der Waals surface area contributed by atoms with Crippen LogP contribution in [0.1, 0.15) is 6.42 Å². The zero-order valence-electron chi connectivity index (χ0n) is 20.9. The summed E-state index contributed by atoms with van der Waals surface area (Å²) in [4.78, 5) is 63.1. The molecule has 1 aliphatic rings. The van der Waals surface area contributed by atoms with Crippen molar-refractivity contribution >= 4 is 46.8 Å². The van der Waals surface area contributed by atoms with E-state index in [0.29, 0.717) is 0 Å². The number of para-hydroxylation sites is 1. The molecule has 0 aromatic heterocycles. The monoisotopic (exact) mass is 603 g/mol. The van der Waals surface area contributed by atoms with Gasteiger partial charge in [-0.05, 0) is 12.1 Å². The number of nitrogens with zero attached hydrogens (tertiary/aromatic N) is 1. The van der Waals surface area contributed by atoms with Crippen LogP contribution in [-0.4, -0.2) is 78.4 Å². The highest BCUT2D eigenvalue weighted by Gasteiger charge is 2.33. The zero-order chi connectivity index (χ0) is 30.3. The van der Waals surface area contributed by atoms with Crippen molar-refractivity contribution in [1.29, 1.82) is 0 Å². The Morgan fingerprint density at radius 1 is 1.10 bits per heavy atom. The molecule has 1 aliphatic heterocycles. The molecule has 0 spiro atoms. The number of hydrogen-bond acceptors (Lipinski definition) is 7. The van der Waals surface area contributed by atoms with Crippen LogP contribution in [0.25, 0.3) is 0 Å². The molecule has 0 aliphatic carbocycles. The first kappa shape index (κ1) is 31.3. The molecule has 0 radical (unpaired) electrons. The van der Waals surface area contributed by atoms with Crippen LogP contribution >= 0.6 is 11.6 Å². The summed E-state index contributed by atoms with van der Waals surface area (Å²) < 4.78 is 64.4. The van der Waals surface area contributed by atoms with Gasteiger partial charge in [-0.25, -0.2) is 8.78 Å². The number of carboxylic acid groups (broad SMARTS) is 1. The SMILES string of the molecule is O=C(O)CC(NC(=O)[C@H]1COCCN(C(=O)C(=O)Nc2ccccc2Cl)C1)C(=O)COc1c(F)c(F)cc(F)c1F. The molecule has 16 heteroatoms. The van der Waals surface area contributed by atoms with Gasteiger partial charge in [0.25, 0.3) is 0 Å². The molecule has 1 fully saturated rings. The average Bonchev–Trinajstić information content (AvgIpc) is 3.18. The van der Waals surface area contributed by atoms with Crippen molar-refractivity contribution in [3.63, 3.8) is 0 Å². The first-order valence-corrected chi connectivity index (χ1v) is 12.2. The second kappa shape index (κ2) is 13.9. The van der Waals surface area contributed by atoms with E-state index in [2.05, 4.69) is 15.4 Å². The van der Waals surface area contributed by atoms with Crippen LogP contribution in [0.15, 0.2) is 30.3 Å². The first-order chi connectivity index (χ1) is 19.4. The summed E-state index contributed by atoms with van der Waals surface area (Å²) in [6.07, 6.45) is -0.993. The van der Waals surface area contributed by atoms with Gasteiger partial charge in [0.1, 0.15) is 12.6 Å². The smallest absolute Gasteiger partial charge is 0.313 e. The molecule has 3 rings (SSSR count). The van der Waals surface area contributed by atoms with Crippen molar-refractivity contribution in [2.45, 2.75) is 12.5 Å². The van der Waals surface area contributed by atoms with Gasteiger partial charge in [0, 0.05) is 19.2 Å². The Morgan fingerprint density at radius 2 is 1.76 bits per heavy atom. The van der Waals surface area contributed by atoms with Gasteiger partial charge in [0.2, 0.25) is 17.5 Å². The summed E-state index contributed by atoms with van der Waals surface area (Å²) in [6.45, 7) is -2.02. The lowest BCUT2D eigenvalue weighted by molar-refractivity contribution is -0.144. The lowest BCUT2D eigenvalue weighted by Crippen LogP contribution is -2.50. The summed E-state index contributed by atoms with van der Waals surface area (Å²) in [5, 5.41) is 13.9. The maximum atomic E-state index is 13.8. The van der Waals surface area contributed by atoms with E-state index in [1.54, 1.807) is 12.1 Å². The normalized spacial score (nSPS) is 15.8. The number of amides is 3. The number of rotatable bonds is 9. The molecule has 3 N–H and O–H groups in total. The van der Waals surface area contributed by atoms with Crippen LogP contribution in [0, 0.1) is 29.2 Å². The number of Topliss-reactive ketones (excluding diaryl/α,β-unsaturated/α-hetero) is 1. The summed E-state index contributed by atoms with van der Waals surface area (Å²) in [5.41, 5.74) is 0.172. The number of halogens is 5. The van der Waals surface area contributed by atoms with Crippen molar-refractivity contribution in [2.75, 3.05) is 38.2 Å². The number of ketones is 1. The third kappa shape index (κ3) is 8.14. The second-order valence-electron chi connectivity index (χ2n) is 8.67. The van der Waals surface area contributed by atoms with Crippen LogP contribution in [0.2, 0.25) is 5.02 Å². The Hall–Kier alpha value is -4.24. The van der Waals surface area contributed by atoms with Gasteiger partial charge in [0.15, 0.2) is 23.2 Å². The van der Waals surface area contributed by atoms with E-state index >= 15 is 0 Å². The van der Waals surface area contributed by atoms with Gasteiger partial charge in [-0.3, -0.25) is 24.0 Å². The number of carbonyl (C=O) groups excluding carboxylic acids is 4. The molecule has 0 saturated carbocycles. The van der Waals surface area contributed by atoms with Crippen molar-refractivity contribution in [3.8, 4) is 5.75 Å². The Balaban J connectivity index is 1.67. The van der Waals surface area contributed by atoms with Crippen molar-refractivity contribution < 1.29 is 56.1 Å². The number of benzene rings is 2. The molecular weight excluding hydrogens is 582 g/mol. The Morgan fingerprint density at radius 3 is 2.39 bits per heavy atom. The molecule has 220 valence electrons. The van der Waals surface area contributed by atoms with E-state index in [4.69, 9.17) is 21.4 Å². The summed E-state index contributed by atoms with van der Waals surface area (Å²) in [7, 11) is 0. The lowest BCUT2D eigenvalue weighted by atomic mass is 10.1. The van der Waals surface area contributed by atoms with E-state index < -0.39 is 83.5 Å². The van der Waals surface area contributed by atoms with Crippen LogP contribution in [-0.2, 0) is 28.7 Å². The molecule has 2 aromatic rings. The van der Waals surface area contributed by atoms with E-state index in [1.807, 2.05) is 0 Å². The molecule has 1 heterocycles. The average molecular weight is 604 g/mol. The van der Waals surface area contributed by atoms with E-state index in [0.717, 1.165) is 4.90 Å². The minimum atomic E-state index is -1.92. The van der Waals surface area contributed by atoms with Gasteiger partial charge in [0.05, 0.1) is 36.3 Å². The predicted molar refractivity (Wildman–Crippen MR) is 132 cm³/mol. The van der Waals surface area contributed by atoms with Gasteiger partial charge < -0.3 is 30.1 Å². The minimum absolute atomic E-state index is 0.0540. The molecule has 1 unspecified atom stereocenters. The third-order valence-corrected chi connectivity index (χ3v) is 6.08. The number of hydrogen-bond donors (Lipinski definition) is 3. The Kier molecular flexibility index (Phi) is 10.6. The number of aliphatic carboxylic acids is 1. The fourth-order valence-electron chi connectivity index (χ4n) is 3.67. The van der Waals surface area contributed by atoms with Crippen molar-refractivity contribution in [1.82, 2.24) is 10.2 Å². The molecular formula is C25H22ClF4N3O8. The molecule has 3 amide bonds. The number of nitrogens with one attached hydrogen (secondary N) is 2. The second-order valence-corrected chi connectivity index (χ2v) is 9.08. The highest BCUT2D eigenvalue weighted by molar-refractivity contribution is 6.41. The lowest BCUT2D eigenvalue weighted by Gasteiger charge is -2.24. The van der Waals surface area contributed by atoms with Crippen molar-refractivity contribution in [2.24, 2.45) is 5.92 Å². The summed E-state index contributed by atoms with van der Waals surface area (Å²) in [5.74, 6) is -15.9. The number of anilines is 1. The van der Waals surface area contributed by atoms with Gasteiger partial charge in [-0.1, -0.05) is 23.7 Å². The van der Waals surface area contributed by atoms with Crippen LogP contribution in [0.4, 0.5) is 23.2 Å². The molecule has 41 heavy (non-hydrogen) atoms. The molecule has 2 atom stereocenters. The fraction of sp³-hybridized carbons (Fsp3) is 0.320. The van der Waals surface area contributed by atoms with E-state index in [-0.39, 0.29) is 43.1 Å². The standard InChI is InChI=1S/C25H22ClF4N3O8/c26-13-3-1-2-4-16(13)31-24(38)25(39)33-5-6-40-10-12(9-33)23(37)32-17(8-19(35)36)18(34)11-41-22-20(29)14(27)7-15(28)21(22)30/h1-4,7,12,17H,5-6,8-11H2,(H,31,38)(H,32,37)(H,35,36)/t12-,17?/m1/s1. The van der Waals surface area contributed by atoms with Crippen molar-refractivity contribution in [3.05, 3.63) is 58.6 Å². The highest BCUT2D eigenvalue weighted by Crippen LogP contribution is 2.26. The quantitative estimate of drug-likeness (QED) is 0.223. The zero-order valence-corrected chi connectivity index (χ0v) is 21.7. The number of carboxylic acids is 1. The van der Waals surface area contributed by atoms with Gasteiger partial charge in [-0.2, -0.15) is 8.78 Å². The predicted octanol–water partition coefficient (Wildman–Crippen LogP) is 1.92. The maximum Gasteiger partial charge on any atom is 0.313 e. The van der Waals surface area contributed by atoms with E-state index in [9.17, 15) is 41.5 Å². The molecule has 11 nitrogen and oxygen atoms in total. The van der Waals surface area contributed by atoms with Crippen LogP contribution in [0.5, 0.6) is 5.75 Å². The number of carbonyl (C=O) groups is 5. The third-order valence-electron chi connectivity index (χ3n) is 5.75. The summed E-state index contributed by atoms with van der Waals surface area (Å²) >= 11 is 5.98. The minimum Gasteiger partial charge on any atom is -0.481 e. The fourth-order valence-corrected chi connectivity index (χ4v) is 3.85. The Labute approximate surface area is 234 Å². The first-order valence-electron chi connectivity index (χ1n) is 11.8. The van der Waals surface area contributed by atoms with Crippen LogP contribution < -0.4 is 15.4 Å². The molecule has 1 saturated heterocycles. The maximum absolute atomic E-state index is 13.8. The van der Waals surface area contributed by atoms with Gasteiger partial charge in [-0.15, -0.1) is 0 Å². The topological polar surface area (TPSA) is 151 Å². The summed E-state index contributed by atoms with van der Waals surface area (Å²) in [6, 6.07) is 4.27. The molecule has 2 aromatic carbocycles. The van der Waals surface area contributed by atoms with E-state index in [1.165, 1.54) is 12.1 Å². The molecule has 0 bridgehead atoms. The van der Waals surface area contributed by atoms with Crippen LogP contribution in [0.3, 0.4) is 0 Å². The van der Waals surface area contributed by atoms with Gasteiger partial charge >= 0.3 is 17.8 Å². The number of ether oxygens (including phenoxy) is 2. The Bertz CT molecular complexity index is 1340.